The van der Waals surface area contributed by atoms with Crippen molar-refractivity contribution in [2.24, 2.45) is 7.05 Å². The van der Waals surface area contributed by atoms with Gasteiger partial charge in [0.15, 0.2) is 0 Å². The third kappa shape index (κ3) is 2.63. The van der Waals surface area contributed by atoms with Gasteiger partial charge in [-0.15, -0.1) is 0 Å². The lowest BCUT2D eigenvalue weighted by Crippen LogP contribution is -2.19. The Balaban J connectivity index is 1.75. The number of aromatic nitrogens is 4. The average Bonchev–Trinajstić information content (AvgIpc) is 2.94. The molecule has 1 atom stereocenters. The molecule has 0 radical (unpaired) electrons. The molecule has 0 aliphatic carbocycles. The number of benzene rings is 1. The van der Waals surface area contributed by atoms with Crippen LogP contribution in [0.4, 0.5) is 5.95 Å². The molecule has 3 aromatic rings. The number of rotatable bonds is 4. The van der Waals surface area contributed by atoms with Crippen molar-refractivity contribution in [1.29, 1.82) is 0 Å². The molecule has 0 aliphatic heterocycles. The highest BCUT2D eigenvalue weighted by Crippen LogP contribution is 2.17. The molecule has 0 spiro atoms. The van der Waals surface area contributed by atoms with Crippen LogP contribution in [-0.2, 0) is 13.5 Å². The number of imidazole rings is 1. The van der Waals surface area contributed by atoms with Crippen molar-refractivity contribution >= 4 is 17.0 Å². The fourth-order valence-electron chi connectivity index (χ4n) is 2.72. The summed E-state index contributed by atoms with van der Waals surface area (Å²) < 4.78 is 1.94. The molecule has 5 heteroatoms. The van der Waals surface area contributed by atoms with Gasteiger partial charge in [0, 0.05) is 18.8 Å². The number of fused-ring (bicyclic) bond motifs is 1. The van der Waals surface area contributed by atoms with Crippen molar-refractivity contribution in [3.8, 4) is 0 Å². The lowest BCUT2D eigenvalue weighted by molar-refractivity contribution is 0.726. The van der Waals surface area contributed by atoms with Crippen LogP contribution in [0.2, 0.25) is 0 Å². The molecule has 0 fully saturated rings. The third-order valence-corrected chi connectivity index (χ3v) is 3.94. The quantitative estimate of drug-likeness (QED) is 0.774. The molecular formula is C16H21N5. The van der Waals surface area contributed by atoms with E-state index < -0.39 is 0 Å². The van der Waals surface area contributed by atoms with Crippen LogP contribution in [-0.4, -0.2) is 25.8 Å². The van der Waals surface area contributed by atoms with E-state index in [0.29, 0.717) is 0 Å². The molecule has 0 bridgehead atoms. The van der Waals surface area contributed by atoms with E-state index in [2.05, 4.69) is 41.2 Å². The molecule has 3 rings (SSSR count). The summed E-state index contributed by atoms with van der Waals surface area (Å²) in [5, 5.41) is 7.91. The fraction of sp³-hybridized carbons (Fsp3) is 0.375. The molecule has 2 aromatic heterocycles. The first-order valence-corrected chi connectivity index (χ1v) is 7.25. The molecule has 2 N–H and O–H groups in total. The lowest BCUT2D eigenvalue weighted by Gasteiger charge is -2.13. The van der Waals surface area contributed by atoms with Crippen LogP contribution in [0.5, 0.6) is 0 Å². The zero-order valence-corrected chi connectivity index (χ0v) is 12.9. The maximum atomic E-state index is 4.56. The maximum Gasteiger partial charge on any atom is 0.201 e. The summed E-state index contributed by atoms with van der Waals surface area (Å²) in [6.45, 7) is 6.35. The number of nitrogens with zero attached hydrogens (tertiary/aromatic N) is 3. The van der Waals surface area contributed by atoms with E-state index in [-0.39, 0.29) is 6.04 Å². The van der Waals surface area contributed by atoms with E-state index in [9.17, 15) is 0 Å². The Morgan fingerprint density at radius 1 is 1.29 bits per heavy atom. The van der Waals surface area contributed by atoms with Crippen molar-refractivity contribution < 1.29 is 0 Å². The largest absolute Gasteiger partial charge is 0.353 e. The van der Waals surface area contributed by atoms with Crippen LogP contribution in [0.25, 0.3) is 11.0 Å². The van der Waals surface area contributed by atoms with Crippen molar-refractivity contribution in [3.63, 3.8) is 0 Å². The summed E-state index contributed by atoms with van der Waals surface area (Å²) >= 11 is 0. The Bertz CT molecular complexity index is 735. The Kier molecular flexibility index (Phi) is 3.41. The first-order valence-electron chi connectivity index (χ1n) is 7.25. The van der Waals surface area contributed by atoms with Crippen molar-refractivity contribution in [2.75, 3.05) is 5.32 Å². The van der Waals surface area contributed by atoms with E-state index in [1.807, 2.05) is 36.0 Å². The van der Waals surface area contributed by atoms with Gasteiger partial charge < -0.3 is 10.3 Å². The second-order valence-electron chi connectivity index (χ2n) is 5.63. The highest BCUT2D eigenvalue weighted by atomic mass is 15.3. The molecule has 0 saturated carbocycles. The second-order valence-corrected chi connectivity index (χ2v) is 5.63. The minimum Gasteiger partial charge on any atom is -0.353 e. The number of H-pyrrole nitrogens is 1. The first-order chi connectivity index (χ1) is 10.0. The molecule has 0 amide bonds. The van der Waals surface area contributed by atoms with Gasteiger partial charge in [-0.2, -0.15) is 5.10 Å². The van der Waals surface area contributed by atoms with Gasteiger partial charge in [0.05, 0.1) is 16.7 Å². The van der Waals surface area contributed by atoms with Crippen molar-refractivity contribution in [2.45, 2.75) is 33.2 Å². The monoisotopic (exact) mass is 283 g/mol. The number of aryl methyl sites for hydroxylation is 2. The lowest BCUT2D eigenvalue weighted by atomic mass is 10.1. The van der Waals surface area contributed by atoms with Crippen molar-refractivity contribution in [3.05, 3.63) is 41.2 Å². The van der Waals surface area contributed by atoms with Gasteiger partial charge in [0.25, 0.3) is 0 Å². The smallest absolute Gasteiger partial charge is 0.201 e. The van der Waals surface area contributed by atoms with Crippen LogP contribution >= 0.6 is 0 Å². The zero-order valence-electron chi connectivity index (χ0n) is 12.9. The minimum absolute atomic E-state index is 0.284. The third-order valence-electron chi connectivity index (χ3n) is 3.94. The summed E-state index contributed by atoms with van der Waals surface area (Å²) in [7, 11) is 1.99. The van der Waals surface area contributed by atoms with Gasteiger partial charge >= 0.3 is 0 Å². The summed E-state index contributed by atoms with van der Waals surface area (Å²) in [6.07, 6.45) is 0.933. The SMILES string of the molecule is Cc1nn(C)c(C)c1CC(C)Nc1nc2ccccc2[nH]1. The van der Waals surface area contributed by atoms with E-state index >= 15 is 0 Å². The standard InChI is InChI=1S/C16H21N5/c1-10(9-13-11(2)20-21(4)12(13)3)17-16-18-14-7-5-6-8-15(14)19-16/h5-8,10H,9H2,1-4H3,(H2,17,18,19). The van der Waals surface area contributed by atoms with E-state index in [1.165, 1.54) is 11.3 Å². The Morgan fingerprint density at radius 2 is 2.05 bits per heavy atom. The first kappa shape index (κ1) is 13.7. The number of aromatic amines is 1. The molecule has 1 aromatic carbocycles. The van der Waals surface area contributed by atoms with Crippen LogP contribution in [0.1, 0.15) is 23.9 Å². The summed E-state index contributed by atoms with van der Waals surface area (Å²) in [6, 6.07) is 8.34. The van der Waals surface area contributed by atoms with Crippen LogP contribution in [0.15, 0.2) is 24.3 Å². The molecule has 0 aliphatic rings. The second kappa shape index (κ2) is 5.24. The summed E-state index contributed by atoms with van der Waals surface area (Å²) in [5.74, 6) is 0.822. The molecule has 1 unspecified atom stereocenters. The Hall–Kier alpha value is -2.30. The van der Waals surface area contributed by atoms with Gasteiger partial charge in [-0.25, -0.2) is 4.98 Å². The number of anilines is 1. The summed E-state index contributed by atoms with van der Waals surface area (Å²) in [4.78, 5) is 7.86. The Labute approximate surface area is 124 Å². The fourth-order valence-corrected chi connectivity index (χ4v) is 2.72. The van der Waals surface area contributed by atoms with E-state index in [0.717, 1.165) is 29.1 Å². The molecular weight excluding hydrogens is 262 g/mol. The number of para-hydroxylation sites is 2. The van der Waals surface area contributed by atoms with Gasteiger partial charge in [-0.05, 0) is 44.9 Å². The molecule has 21 heavy (non-hydrogen) atoms. The van der Waals surface area contributed by atoms with E-state index in [1.54, 1.807) is 0 Å². The predicted octanol–water partition coefficient (Wildman–Crippen LogP) is 2.96. The molecule has 2 heterocycles. The van der Waals surface area contributed by atoms with Gasteiger partial charge in [-0.3, -0.25) is 4.68 Å². The summed E-state index contributed by atoms with van der Waals surface area (Å²) in [5.41, 5.74) is 5.69. The normalized spacial score (nSPS) is 12.8. The average molecular weight is 283 g/mol. The van der Waals surface area contributed by atoms with Crippen LogP contribution in [0.3, 0.4) is 0 Å². The van der Waals surface area contributed by atoms with Gasteiger partial charge in [0.2, 0.25) is 5.95 Å². The highest BCUT2D eigenvalue weighted by Gasteiger charge is 2.14. The molecule has 110 valence electrons. The predicted molar refractivity (Wildman–Crippen MR) is 85.6 cm³/mol. The number of nitrogens with one attached hydrogen (secondary N) is 2. The molecule has 5 nitrogen and oxygen atoms in total. The number of hydrogen-bond donors (Lipinski definition) is 2. The van der Waals surface area contributed by atoms with Crippen LogP contribution < -0.4 is 5.32 Å². The maximum absolute atomic E-state index is 4.56. The zero-order chi connectivity index (χ0) is 15.0. The van der Waals surface area contributed by atoms with Gasteiger partial charge in [-0.1, -0.05) is 12.1 Å². The Morgan fingerprint density at radius 3 is 2.71 bits per heavy atom. The van der Waals surface area contributed by atoms with Gasteiger partial charge in [0.1, 0.15) is 0 Å². The highest BCUT2D eigenvalue weighted by molar-refractivity contribution is 5.77. The molecule has 0 saturated heterocycles. The van der Waals surface area contributed by atoms with Crippen molar-refractivity contribution in [1.82, 2.24) is 19.7 Å². The topological polar surface area (TPSA) is 58.5 Å². The number of hydrogen-bond acceptors (Lipinski definition) is 3. The van der Waals surface area contributed by atoms with E-state index in [4.69, 9.17) is 0 Å². The van der Waals surface area contributed by atoms with Crippen LogP contribution in [0, 0.1) is 13.8 Å². The minimum atomic E-state index is 0.284.